The van der Waals surface area contributed by atoms with Crippen LogP contribution in [0.3, 0.4) is 0 Å². The maximum atomic E-state index is 13.0. The van der Waals surface area contributed by atoms with Crippen LogP contribution in [0.5, 0.6) is 0 Å². The number of furan rings is 1. The molecule has 8 nitrogen and oxygen atoms in total. The summed E-state index contributed by atoms with van der Waals surface area (Å²) in [6.45, 7) is 5.92. The fourth-order valence-corrected chi connectivity index (χ4v) is 3.05. The summed E-state index contributed by atoms with van der Waals surface area (Å²) in [6.07, 6.45) is 3.42. The van der Waals surface area contributed by atoms with E-state index in [0.29, 0.717) is 33.9 Å². The smallest absolute Gasteiger partial charge is 0.257 e. The van der Waals surface area contributed by atoms with Crippen LogP contribution in [0.4, 0.5) is 5.82 Å². The molecule has 0 atom stereocenters. The van der Waals surface area contributed by atoms with Crippen molar-refractivity contribution in [3.05, 3.63) is 48.0 Å². The monoisotopic (exact) mass is 364 g/mol. The zero-order valence-electron chi connectivity index (χ0n) is 15.6. The minimum atomic E-state index is -0.264. The summed E-state index contributed by atoms with van der Waals surface area (Å²) < 4.78 is 8.92. The second kappa shape index (κ2) is 6.39. The highest BCUT2D eigenvalue weighted by atomic mass is 16.3. The van der Waals surface area contributed by atoms with Crippen molar-refractivity contribution in [2.45, 2.75) is 26.8 Å². The fraction of sp³-hybridized carbons (Fsp3) is 0.263. The number of aryl methyl sites for hydroxylation is 2. The SMILES string of the molecule is Cc1nn(C)c2nc(-c3ccco3)cc(C(=O)Nc3ccn(C(C)C)n3)c12. The maximum Gasteiger partial charge on any atom is 0.257 e. The van der Waals surface area contributed by atoms with Crippen LogP contribution < -0.4 is 5.32 Å². The lowest BCUT2D eigenvalue weighted by Crippen LogP contribution is -2.14. The summed E-state index contributed by atoms with van der Waals surface area (Å²) in [5.41, 5.74) is 2.42. The van der Waals surface area contributed by atoms with Crippen LogP contribution >= 0.6 is 0 Å². The Balaban J connectivity index is 1.80. The van der Waals surface area contributed by atoms with Gasteiger partial charge in [0.2, 0.25) is 0 Å². The number of anilines is 1. The van der Waals surface area contributed by atoms with Gasteiger partial charge in [-0.05, 0) is 39.0 Å². The molecule has 0 aromatic carbocycles. The second-order valence-corrected chi connectivity index (χ2v) is 6.67. The van der Waals surface area contributed by atoms with E-state index in [2.05, 4.69) is 20.5 Å². The third kappa shape index (κ3) is 2.99. The molecule has 0 spiro atoms. The first-order valence-electron chi connectivity index (χ1n) is 8.68. The van der Waals surface area contributed by atoms with Crippen LogP contribution in [-0.2, 0) is 7.05 Å². The third-order valence-electron chi connectivity index (χ3n) is 4.37. The fourth-order valence-electron chi connectivity index (χ4n) is 3.05. The number of nitrogens with zero attached hydrogens (tertiary/aromatic N) is 5. The normalized spacial score (nSPS) is 11.4. The molecule has 4 heterocycles. The quantitative estimate of drug-likeness (QED) is 0.598. The molecule has 8 heteroatoms. The summed E-state index contributed by atoms with van der Waals surface area (Å²) in [4.78, 5) is 17.7. The molecule has 0 radical (unpaired) electrons. The van der Waals surface area contributed by atoms with Crippen molar-refractivity contribution >= 4 is 22.8 Å². The summed E-state index contributed by atoms with van der Waals surface area (Å²) in [5.74, 6) is 0.828. The van der Waals surface area contributed by atoms with Gasteiger partial charge >= 0.3 is 0 Å². The van der Waals surface area contributed by atoms with E-state index in [1.54, 1.807) is 40.9 Å². The molecule has 4 rings (SSSR count). The minimum absolute atomic E-state index is 0.217. The Morgan fingerprint density at radius 3 is 2.74 bits per heavy atom. The summed E-state index contributed by atoms with van der Waals surface area (Å²) in [6, 6.07) is 7.32. The molecule has 4 aromatic rings. The number of carbonyl (C=O) groups excluding carboxylic acids is 1. The van der Waals surface area contributed by atoms with Gasteiger partial charge in [-0.3, -0.25) is 14.2 Å². The van der Waals surface area contributed by atoms with Crippen molar-refractivity contribution in [3.63, 3.8) is 0 Å². The van der Waals surface area contributed by atoms with E-state index in [-0.39, 0.29) is 11.9 Å². The standard InChI is InChI=1S/C19H20N6O2/c1-11(2)25-8-7-16(23-25)21-19(26)13-10-14(15-6-5-9-27-15)20-18-17(13)12(3)22-24(18)4/h5-11H,1-4H3,(H,21,23,26). The molecule has 0 aliphatic heterocycles. The Morgan fingerprint density at radius 1 is 1.26 bits per heavy atom. The van der Waals surface area contributed by atoms with E-state index in [1.165, 1.54) is 0 Å². The predicted octanol–water partition coefficient (Wildman–Crippen LogP) is 3.57. The van der Waals surface area contributed by atoms with Crippen LogP contribution in [0.15, 0.2) is 41.1 Å². The van der Waals surface area contributed by atoms with Crippen LogP contribution in [-0.4, -0.2) is 30.5 Å². The van der Waals surface area contributed by atoms with Crippen molar-refractivity contribution in [3.8, 4) is 11.5 Å². The number of amides is 1. The Bertz CT molecular complexity index is 1120. The molecule has 4 aromatic heterocycles. The van der Waals surface area contributed by atoms with Gasteiger partial charge in [0.1, 0.15) is 5.69 Å². The van der Waals surface area contributed by atoms with Gasteiger partial charge in [0.25, 0.3) is 5.91 Å². The van der Waals surface area contributed by atoms with Gasteiger partial charge in [0, 0.05) is 25.4 Å². The van der Waals surface area contributed by atoms with Crippen molar-refractivity contribution in [1.29, 1.82) is 0 Å². The maximum absolute atomic E-state index is 13.0. The minimum Gasteiger partial charge on any atom is -0.463 e. The second-order valence-electron chi connectivity index (χ2n) is 6.67. The van der Waals surface area contributed by atoms with Crippen LogP contribution in [0, 0.1) is 6.92 Å². The topological polar surface area (TPSA) is 90.8 Å². The average Bonchev–Trinajstić information content (AvgIpc) is 3.36. The Hall–Kier alpha value is -3.42. The molecule has 1 N–H and O–H groups in total. The first-order chi connectivity index (χ1) is 12.9. The zero-order chi connectivity index (χ0) is 19.1. The van der Waals surface area contributed by atoms with E-state index < -0.39 is 0 Å². The van der Waals surface area contributed by atoms with E-state index in [1.807, 2.05) is 33.0 Å². The molecule has 0 unspecified atom stereocenters. The molecular formula is C19H20N6O2. The van der Waals surface area contributed by atoms with Crippen LogP contribution in [0.1, 0.15) is 35.9 Å². The van der Waals surface area contributed by atoms with Gasteiger partial charge in [-0.15, -0.1) is 0 Å². The number of aromatic nitrogens is 5. The Labute approximate surface area is 155 Å². The number of carbonyl (C=O) groups is 1. The Morgan fingerprint density at radius 2 is 2.07 bits per heavy atom. The average molecular weight is 364 g/mol. The highest BCUT2D eigenvalue weighted by Crippen LogP contribution is 2.27. The molecule has 27 heavy (non-hydrogen) atoms. The summed E-state index contributed by atoms with van der Waals surface area (Å²) >= 11 is 0. The van der Waals surface area contributed by atoms with Crippen molar-refractivity contribution in [1.82, 2.24) is 24.5 Å². The van der Waals surface area contributed by atoms with Gasteiger partial charge in [-0.25, -0.2) is 4.98 Å². The van der Waals surface area contributed by atoms with E-state index in [4.69, 9.17) is 4.42 Å². The summed E-state index contributed by atoms with van der Waals surface area (Å²) in [7, 11) is 1.81. The molecule has 0 saturated carbocycles. The van der Waals surface area contributed by atoms with E-state index in [0.717, 1.165) is 5.69 Å². The highest BCUT2D eigenvalue weighted by Gasteiger charge is 2.20. The lowest BCUT2D eigenvalue weighted by molar-refractivity contribution is 0.102. The molecule has 1 amide bonds. The Kier molecular flexibility index (Phi) is 4.02. The summed E-state index contributed by atoms with van der Waals surface area (Å²) in [5, 5.41) is 12.4. The van der Waals surface area contributed by atoms with Gasteiger partial charge in [0.05, 0.1) is 22.9 Å². The van der Waals surface area contributed by atoms with Crippen molar-refractivity contribution in [2.24, 2.45) is 7.05 Å². The molecule has 0 aliphatic rings. The number of rotatable bonds is 4. The van der Waals surface area contributed by atoms with Crippen LogP contribution in [0.25, 0.3) is 22.5 Å². The molecular weight excluding hydrogens is 344 g/mol. The van der Waals surface area contributed by atoms with Gasteiger partial charge in [-0.2, -0.15) is 10.2 Å². The van der Waals surface area contributed by atoms with Crippen molar-refractivity contribution < 1.29 is 9.21 Å². The number of hydrogen-bond acceptors (Lipinski definition) is 5. The van der Waals surface area contributed by atoms with Crippen LogP contribution in [0.2, 0.25) is 0 Å². The largest absolute Gasteiger partial charge is 0.463 e. The van der Waals surface area contributed by atoms with E-state index >= 15 is 0 Å². The molecule has 0 saturated heterocycles. The number of pyridine rings is 1. The number of nitrogens with one attached hydrogen (secondary N) is 1. The van der Waals surface area contributed by atoms with E-state index in [9.17, 15) is 4.79 Å². The zero-order valence-corrected chi connectivity index (χ0v) is 15.6. The lowest BCUT2D eigenvalue weighted by Gasteiger charge is -2.07. The molecule has 0 fully saturated rings. The highest BCUT2D eigenvalue weighted by molar-refractivity contribution is 6.13. The first kappa shape index (κ1) is 17.0. The van der Waals surface area contributed by atoms with Gasteiger partial charge < -0.3 is 9.73 Å². The van der Waals surface area contributed by atoms with Gasteiger partial charge in [0.15, 0.2) is 17.2 Å². The number of fused-ring (bicyclic) bond motifs is 1. The third-order valence-corrected chi connectivity index (χ3v) is 4.37. The van der Waals surface area contributed by atoms with Gasteiger partial charge in [-0.1, -0.05) is 0 Å². The molecule has 138 valence electrons. The predicted molar refractivity (Wildman–Crippen MR) is 102 cm³/mol. The molecule has 0 bridgehead atoms. The van der Waals surface area contributed by atoms with Crippen molar-refractivity contribution in [2.75, 3.05) is 5.32 Å². The molecule has 0 aliphatic carbocycles. The lowest BCUT2D eigenvalue weighted by atomic mass is 10.1. The number of hydrogen-bond donors (Lipinski definition) is 1. The first-order valence-corrected chi connectivity index (χ1v) is 8.68.